The van der Waals surface area contributed by atoms with Crippen molar-refractivity contribution in [2.75, 3.05) is 20.2 Å². The molecule has 1 heterocycles. The molecule has 1 saturated heterocycles. The van der Waals surface area contributed by atoms with Crippen LogP contribution in [-0.4, -0.2) is 59.0 Å². The zero-order valence-electron chi connectivity index (χ0n) is 17.5. The van der Waals surface area contributed by atoms with E-state index in [9.17, 15) is 14.7 Å². The van der Waals surface area contributed by atoms with E-state index in [2.05, 4.69) is 30.3 Å². The summed E-state index contributed by atoms with van der Waals surface area (Å²) in [5, 5.41) is 10.1. The summed E-state index contributed by atoms with van der Waals surface area (Å²) in [6, 6.07) is 8.08. The second-order valence-corrected chi connectivity index (χ2v) is 8.95. The Morgan fingerprint density at radius 3 is 2.38 bits per heavy atom. The van der Waals surface area contributed by atoms with Gasteiger partial charge in [-0.2, -0.15) is 0 Å². The molecule has 0 bridgehead atoms. The van der Waals surface area contributed by atoms with Crippen LogP contribution in [0.15, 0.2) is 30.3 Å². The van der Waals surface area contributed by atoms with Gasteiger partial charge in [0.2, 0.25) is 11.8 Å². The molecule has 2 aliphatic carbocycles. The smallest absolute Gasteiger partial charge is 0.226 e. The molecule has 0 spiro atoms. The predicted molar refractivity (Wildman–Crippen MR) is 113 cm³/mol. The van der Waals surface area contributed by atoms with E-state index in [1.54, 1.807) is 4.90 Å². The molecular weight excluding hydrogens is 364 g/mol. The minimum atomic E-state index is -0.201. The first-order valence-corrected chi connectivity index (χ1v) is 10.9. The molecule has 3 aliphatic rings. The van der Waals surface area contributed by atoms with E-state index in [1.807, 2.05) is 24.9 Å². The van der Waals surface area contributed by atoms with Crippen molar-refractivity contribution in [3.63, 3.8) is 0 Å². The van der Waals surface area contributed by atoms with Crippen molar-refractivity contribution in [1.29, 1.82) is 0 Å². The number of likely N-dealkylation sites (N-methyl/N-ethyl adjacent to an activating group) is 1. The normalized spacial score (nSPS) is 26.4. The average Bonchev–Trinajstić information content (AvgIpc) is 3.60. The van der Waals surface area contributed by atoms with E-state index in [0.29, 0.717) is 18.9 Å². The molecule has 5 nitrogen and oxygen atoms in total. The molecule has 2 amide bonds. The van der Waals surface area contributed by atoms with Crippen LogP contribution in [0.3, 0.4) is 0 Å². The molecule has 1 aromatic rings. The Labute approximate surface area is 173 Å². The third-order valence-electron chi connectivity index (χ3n) is 6.64. The standard InChI is InChI=1S/C24H32N2O3/c1-3-4-16-7-9-18(10-8-16)23-20(14-25(2)22(28)13-17-5-6-17)26(21(23)15-27)24(29)19-11-12-19/h3-4,7-10,17,19-21,23,27H,5-6,11-15H2,1-2H3/b4-3+/t20-,21+,23+/m0/s1. The van der Waals surface area contributed by atoms with Crippen LogP contribution >= 0.6 is 0 Å². The van der Waals surface area contributed by atoms with Gasteiger partial charge in [0, 0.05) is 31.8 Å². The summed E-state index contributed by atoms with van der Waals surface area (Å²) < 4.78 is 0. The van der Waals surface area contributed by atoms with Crippen LogP contribution in [0.2, 0.25) is 0 Å². The van der Waals surface area contributed by atoms with Gasteiger partial charge in [-0.05, 0) is 49.7 Å². The highest BCUT2D eigenvalue weighted by molar-refractivity contribution is 5.83. The van der Waals surface area contributed by atoms with E-state index in [1.165, 1.54) is 0 Å². The number of aliphatic hydroxyl groups excluding tert-OH is 1. The lowest BCUT2D eigenvalue weighted by Gasteiger charge is -2.56. The number of hydrogen-bond acceptors (Lipinski definition) is 3. The fourth-order valence-corrected chi connectivity index (χ4v) is 4.59. The van der Waals surface area contributed by atoms with Gasteiger partial charge in [-0.15, -0.1) is 0 Å². The SMILES string of the molecule is C/C=C/c1ccc([C@H]2[C@@H](CO)N(C(=O)C3CC3)[C@H]2CN(C)C(=O)CC2CC2)cc1. The summed E-state index contributed by atoms with van der Waals surface area (Å²) >= 11 is 0. The van der Waals surface area contributed by atoms with Crippen LogP contribution in [0.1, 0.15) is 56.1 Å². The lowest BCUT2D eigenvalue weighted by Crippen LogP contribution is -2.69. The molecule has 0 aromatic heterocycles. The molecule has 1 N–H and O–H groups in total. The van der Waals surface area contributed by atoms with Crippen LogP contribution < -0.4 is 0 Å². The number of likely N-dealkylation sites (tertiary alicyclic amines) is 1. The van der Waals surface area contributed by atoms with Crippen molar-refractivity contribution in [2.45, 2.75) is 57.0 Å². The molecule has 3 atom stereocenters. The maximum absolute atomic E-state index is 12.9. The maximum Gasteiger partial charge on any atom is 0.226 e. The van der Waals surface area contributed by atoms with Crippen molar-refractivity contribution in [3.8, 4) is 0 Å². The monoisotopic (exact) mass is 396 g/mol. The Hall–Kier alpha value is -2.14. The van der Waals surface area contributed by atoms with E-state index < -0.39 is 0 Å². The Kier molecular flexibility index (Phi) is 5.77. The lowest BCUT2D eigenvalue weighted by molar-refractivity contribution is -0.155. The molecule has 0 radical (unpaired) electrons. The Morgan fingerprint density at radius 1 is 1.14 bits per heavy atom. The number of benzene rings is 1. The average molecular weight is 397 g/mol. The van der Waals surface area contributed by atoms with Gasteiger partial charge >= 0.3 is 0 Å². The number of carbonyl (C=O) groups is 2. The highest BCUT2D eigenvalue weighted by atomic mass is 16.3. The molecule has 0 unspecified atom stereocenters. The summed E-state index contributed by atoms with van der Waals surface area (Å²) in [6.45, 7) is 2.48. The highest BCUT2D eigenvalue weighted by Crippen LogP contribution is 2.45. The molecule has 29 heavy (non-hydrogen) atoms. The number of hydrogen-bond donors (Lipinski definition) is 1. The van der Waals surface area contributed by atoms with Gasteiger partial charge in [0.25, 0.3) is 0 Å². The van der Waals surface area contributed by atoms with Gasteiger partial charge in [-0.1, -0.05) is 36.4 Å². The van der Waals surface area contributed by atoms with Crippen LogP contribution in [-0.2, 0) is 9.59 Å². The fourth-order valence-electron chi connectivity index (χ4n) is 4.59. The quantitative estimate of drug-likeness (QED) is 0.735. The van der Waals surface area contributed by atoms with Crippen molar-refractivity contribution in [1.82, 2.24) is 9.80 Å². The number of rotatable bonds is 8. The molecule has 4 rings (SSSR count). The largest absolute Gasteiger partial charge is 0.394 e. The summed E-state index contributed by atoms with van der Waals surface area (Å²) in [7, 11) is 1.85. The summed E-state index contributed by atoms with van der Waals surface area (Å²) in [6.07, 6.45) is 8.88. The molecule has 3 fully saturated rings. The highest BCUT2D eigenvalue weighted by Gasteiger charge is 2.54. The lowest BCUT2D eigenvalue weighted by atomic mass is 9.74. The minimum absolute atomic E-state index is 0.0457. The fraction of sp³-hybridized carbons (Fsp3) is 0.583. The van der Waals surface area contributed by atoms with Crippen molar-refractivity contribution < 1.29 is 14.7 Å². The van der Waals surface area contributed by atoms with Gasteiger partial charge in [0.1, 0.15) is 0 Å². The van der Waals surface area contributed by atoms with Gasteiger partial charge in [-0.3, -0.25) is 9.59 Å². The van der Waals surface area contributed by atoms with Crippen LogP contribution in [0.25, 0.3) is 6.08 Å². The van der Waals surface area contributed by atoms with Crippen LogP contribution in [0, 0.1) is 11.8 Å². The van der Waals surface area contributed by atoms with E-state index in [0.717, 1.165) is 36.8 Å². The molecule has 156 valence electrons. The van der Waals surface area contributed by atoms with Crippen molar-refractivity contribution in [2.24, 2.45) is 11.8 Å². The van der Waals surface area contributed by atoms with Gasteiger partial charge < -0.3 is 14.9 Å². The number of carbonyl (C=O) groups excluding carboxylic acids is 2. The van der Waals surface area contributed by atoms with E-state index >= 15 is 0 Å². The molecule has 1 aromatic carbocycles. The summed E-state index contributed by atoms with van der Waals surface area (Å²) in [5.41, 5.74) is 2.26. The molecule has 2 saturated carbocycles. The van der Waals surface area contributed by atoms with Crippen molar-refractivity contribution >= 4 is 17.9 Å². The molecule has 5 heteroatoms. The number of allylic oxidation sites excluding steroid dienone is 1. The first-order valence-electron chi connectivity index (χ1n) is 10.9. The maximum atomic E-state index is 12.9. The second-order valence-electron chi connectivity index (χ2n) is 8.95. The van der Waals surface area contributed by atoms with Gasteiger partial charge in [0.15, 0.2) is 0 Å². The Bertz CT molecular complexity index is 780. The van der Waals surface area contributed by atoms with Crippen molar-refractivity contribution in [3.05, 3.63) is 41.5 Å². The first-order chi connectivity index (χ1) is 14.0. The molecule has 1 aliphatic heterocycles. The van der Waals surface area contributed by atoms with Crippen LogP contribution in [0.5, 0.6) is 0 Å². The summed E-state index contributed by atoms with van der Waals surface area (Å²) in [4.78, 5) is 29.2. The van der Waals surface area contributed by atoms with E-state index in [4.69, 9.17) is 0 Å². The number of aliphatic hydroxyl groups is 1. The van der Waals surface area contributed by atoms with Gasteiger partial charge in [-0.25, -0.2) is 0 Å². The third-order valence-corrected chi connectivity index (χ3v) is 6.64. The number of nitrogens with zero attached hydrogens (tertiary/aromatic N) is 2. The minimum Gasteiger partial charge on any atom is -0.394 e. The second kappa shape index (κ2) is 8.31. The number of amides is 2. The van der Waals surface area contributed by atoms with Gasteiger partial charge in [0.05, 0.1) is 18.7 Å². The predicted octanol–water partition coefficient (Wildman–Crippen LogP) is 3.04. The van der Waals surface area contributed by atoms with Crippen LogP contribution in [0.4, 0.5) is 0 Å². The zero-order chi connectivity index (χ0) is 20.5. The first kappa shape index (κ1) is 20.1. The Morgan fingerprint density at radius 2 is 1.83 bits per heavy atom. The topological polar surface area (TPSA) is 60.9 Å². The Balaban J connectivity index is 1.54. The molecular formula is C24H32N2O3. The zero-order valence-corrected chi connectivity index (χ0v) is 17.5. The summed E-state index contributed by atoms with van der Waals surface area (Å²) in [5.74, 6) is 1.03. The third kappa shape index (κ3) is 4.25. The van der Waals surface area contributed by atoms with E-state index in [-0.39, 0.29) is 42.3 Å².